The lowest BCUT2D eigenvalue weighted by molar-refractivity contribution is -0.197. The molecule has 0 aliphatic carbocycles. The van der Waals surface area contributed by atoms with Crippen molar-refractivity contribution in [2.45, 2.75) is 56.9 Å². The molecule has 0 aliphatic heterocycles. The Morgan fingerprint density at radius 3 is 2.25 bits per heavy atom. The van der Waals surface area contributed by atoms with Crippen LogP contribution in [-0.4, -0.2) is 31.7 Å². The molecule has 0 aromatic heterocycles. The summed E-state index contributed by atoms with van der Waals surface area (Å²) in [6, 6.07) is 2.60. The molecule has 3 atom stereocenters. The van der Waals surface area contributed by atoms with Crippen molar-refractivity contribution in [2.75, 3.05) is 6.61 Å². The molecule has 0 bridgehead atoms. The van der Waals surface area contributed by atoms with Crippen LogP contribution in [0.5, 0.6) is 0 Å². The van der Waals surface area contributed by atoms with Crippen molar-refractivity contribution in [3.63, 3.8) is 0 Å². The molecule has 0 aliphatic rings. The fourth-order valence-electron chi connectivity index (χ4n) is 1.92. The average Bonchev–Trinajstić information content (AvgIpc) is 2.45. The van der Waals surface area contributed by atoms with E-state index in [1.807, 2.05) is 0 Å². The maximum absolute atomic E-state index is 14.6. The molecule has 4 nitrogen and oxygen atoms in total. The molecule has 0 heterocycles. The van der Waals surface area contributed by atoms with Crippen molar-refractivity contribution >= 4 is 11.4 Å². The van der Waals surface area contributed by atoms with E-state index in [4.69, 9.17) is 5.11 Å². The molecular formula is C16H24F3NO3S. The van der Waals surface area contributed by atoms with Gasteiger partial charge in [0.15, 0.2) is 5.60 Å². The zero-order valence-electron chi connectivity index (χ0n) is 14.4. The number of nitrogens with one attached hydrogen (secondary N) is 1. The number of hydrogen-bond donors (Lipinski definition) is 3. The van der Waals surface area contributed by atoms with Gasteiger partial charge in [-0.1, -0.05) is 12.1 Å². The molecule has 0 amide bonds. The summed E-state index contributed by atoms with van der Waals surface area (Å²) in [7, 11) is 0. The number of aliphatic hydroxyl groups excluding tert-OH is 1. The summed E-state index contributed by atoms with van der Waals surface area (Å²) in [4.78, 5) is 0. The standard InChI is InChI=1S/C16H24F3NO3S/c1-10(20-24(23)14(2,3)4)11-7-6-8-12(13(11)17)16(18,19)15(5,22)9-21/h6-8,10,20-22H,9H2,1-5H3/t10-,15+,24?/m1/s1. The Morgan fingerprint density at radius 1 is 1.25 bits per heavy atom. The van der Waals surface area contributed by atoms with Crippen LogP contribution in [0.1, 0.15) is 51.8 Å². The summed E-state index contributed by atoms with van der Waals surface area (Å²) in [6.45, 7) is 6.18. The van der Waals surface area contributed by atoms with Gasteiger partial charge in [-0.05, 0) is 40.7 Å². The smallest absolute Gasteiger partial charge is 0.306 e. The van der Waals surface area contributed by atoms with Gasteiger partial charge in [-0.15, -0.1) is 4.72 Å². The molecule has 3 N–H and O–H groups in total. The van der Waals surface area contributed by atoms with Crippen LogP contribution in [0.4, 0.5) is 13.2 Å². The van der Waals surface area contributed by atoms with E-state index in [1.165, 1.54) is 19.1 Å². The summed E-state index contributed by atoms with van der Waals surface area (Å²) >= 11 is -1.52. The molecule has 8 heteroatoms. The number of aliphatic hydroxyl groups is 2. The first-order valence-corrected chi connectivity index (χ1v) is 8.58. The maximum atomic E-state index is 14.6. The van der Waals surface area contributed by atoms with Gasteiger partial charge in [0, 0.05) is 16.9 Å². The monoisotopic (exact) mass is 367 g/mol. The van der Waals surface area contributed by atoms with Crippen LogP contribution in [0.2, 0.25) is 0 Å². The Balaban J connectivity index is 3.23. The molecule has 0 saturated heterocycles. The van der Waals surface area contributed by atoms with Gasteiger partial charge < -0.3 is 14.8 Å². The van der Waals surface area contributed by atoms with Crippen LogP contribution in [0.25, 0.3) is 0 Å². The van der Waals surface area contributed by atoms with Crippen molar-refractivity contribution in [3.8, 4) is 0 Å². The van der Waals surface area contributed by atoms with Crippen LogP contribution in [0, 0.1) is 5.82 Å². The summed E-state index contributed by atoms with van der Waals surface area (Å²) in [5.74, 6) is -5.20. The van der Waals surface area contributed by atoms with Gasteiger partial charge in [0.05, 0.1) is 18.2 Å². The van der Waals surface area contributed by atoms with Gasteiger partial charge in [-0.3, -0.25) is 0 Å². The molecule has 0 spiro atoms. The summed E-state index contributed by atoms with van der Waals surface area (Å²) in [6.07, 6.45) is 0. The predicted molar refractivity (Wildman–Crippen MR) is 87.4 cm³/mol. The molecule has 24 heavy (non-hydrogen) atoms. The first-order valence-electron chi connectivity index (χ1n) is 7.43. The maximum Gasteiger partial charge on any atom is 0.306 e. The first kappa shape index (κ1) is 21.2. The van der Waals surface area contributed by atoms with Gasteiger partial charge in [0.1, 0.15) is 10.6 Å². The third-order valence-corrected chi connectivity index (χ3v) is 5.34. The molecule has 1 aromatic carbocycles. The minimum atomic E-state index is -4.00. The molecule has 1 unspecified atom stereocenters. The number of benzene rings is 1. The fraction of sp³-hybridized carbons (Fsp3) is 0.625. The highest BCUT2D eigenvalue weighted by molar-refractivity contribution is 7.90. The van der Waals surface area contributed by atoms with E-state index >= 15 is 0 Å². The Labute approximate surface area is 143 Å². The molecule has 138 valence electrons. The van der Waals surface area contributed by atoms with E-state index in [0.717, 1.165) is 13.0 Å². The van der Waals surface area contributed by atoms with Crippen LogP contribution in [0.15, 0.2) is 18.2 Å². The highest BCUT2D eigenvalue weighted by Crippen LogP contribution is 2.41. The van der Waals surface area contributed by atoms with Crippen molar-refractivity contribution < 1.29 is 27.9 Å². The van der Waals surface area contributed by atoms with E-state index < -0.39 is 51.7 Å². The second-order valence-electron chi connectivity index (χ2n) is 6.94. The zero-order chi connectivity index (χ0) is 18.9. The number of hydrogen-bond acceptors (Lipinski definition) is 4. The molecular weight excluding hydrogens is 343 g/mol. The van der Waals surface area contributed by atoms with Crippen LogP contribution >= 0.6 is 0 Å². The zero-order valence-corrected chi connectivity index (χ0v) is 15.2. The Morgan fingerprint density at radius 2 is 1.79 bits per heavy atom. The number of halogens is 3. The lowest BCUT2D eigenvalue weighted by Gasteiger charge is -2.32. The minimum Gasteiger partial charge on any atom is -0.598 e. The average molecular weight is 367 g/mol. The second kappa shape index (κ2) is 7.21. The van der Waals surface area contributed by atoms with E-state index in [1.54, 1.807) is 20.8 Å². The van der Waals surface area contributed by atoms with Gasteiger partial charge >= 0.3 is 5.92 Å². The minimum absolute atomic E-state index is 0.0986. The molecule has 0 radical (unpaired) electrons. The van der Waals surface area contributed by atoms with Gasteiger partial charge in [0.2, 0.25) is 0 Å². The quantitative estimate of drug-likeness (QED) is 0.676. The van der Waals surface area contributed by atoms with Crippen molar-refractivity contribution in [1.29, 1.82) is 0 Å². The summed E-state index contributed by atoms with van der Waals surface area (Å²) in [5, 5.41) is 18.6. The Kier molecular flexibility index (Phi) is 6.38. The molecule has 1 aromatic rings. The highest BCUT2D eigenvalue weighted by atomic mass is 32.2. The fourth-order valence-corrected chi connectivity index (χ4v) is 2.72. The summed E-state index contributed by atoms with van der Waals surface area (Å²) < 4.78 is 57.5. The Bertz CT molecular complexity index is 576. The molecule has 1 rings (SSSR count). The van der Waals surface area contributed by atoms with E-state index in [9.17, 15) is 22.8 Å². The van der Waals surface area contributed by atoms with Crippen molar-refractivity contribution in [1.82, 2.24) is 4.72 Å². The number of alkyl halides is 2. The largest absolute Gasteiger partial charge is 0.598 e. The van der Waals surface area contributed by atoms with E-state index in [2.05, 4.69) is 4.72 Å². The van der Waals surface area contributed by atoms with Crippen LogP contribution < -0.4 is 4.72 Å². The highest BCUT2D eigenvalue weighted by Gasteiger charge is 2.52. The van der Waals surface area contributed by atoms with Crippen LogP contribution in [-0.2, 0) is 17.3 Å². The third kappa shape index (κ3) is 4.23. The van der Waals surface area contributed by atoms with Crippen molar-refractivity contribution in [2.24, 2.45) is 0 Å². The normalized spacial score (nSPS) is 18.1. The molecule has 0 fully saturated rings. The number of rotatable bonds is 6. The summed E-state index contributed by atoms with van der Waals surface area (Å²) in [5.41, 5.74) is -3.93. The Hall–Kier alpha value is -0.800. The van der Waals surface area contributed by atoms with E-state index in [0.29, 0.717) is 0 Å². The lowest BCUT2D eigenvalue weighted by Crippen LogP contribution is -2.47. The van der Waals surface area contributed by atoms with E-state index in [-0.39, 0.29) is 5.56 Å². The topological polar surface area (TPSA) is 75.5 Å². The van der Waals surface area contributed by atoms with Gasteiger partial charge in [0.25, 0.3) is 0 Å². The third-order valence-electron chi connectivity index (χ3n) is 3.66. The lowest BCUT2D eigenvalue weighted by atomic mass is 9.90. The van der Waals surface area contributed by atoms with Crippen molar-refractivity contribution in [3.05, 3.63) is 35.1 Å². The van der Waals surface area contributed by atoms with Crippen LogP contribution in [0.3, 0.4) is 0 Å². The first-order chi connectivity index (χ1) is 10.8. The van der Waals surface area contributed by atoms with Gasteiger partial charge in [-0.2, -0.15) is 8.78 Å². The molecule has 0 saturated carbocycles. The SMILES string of the molecule is C[C@@H](N[S+]([O-])C(C)(C)C)c1cccc(C(F)(F)[C@@](C)(O)CO)c1F. The second-order valence-corrected chi connectivity index (χ2v) is 8.93. The predicted octanol–water partition coefficient (Wildman–Crippen LogP) is 2.77. The van der Waals surface area contributed by atoms with Gasteiger partial charge in [-0.25, -0.2) is 4.39 Å².